The van der Waals surface area contributed by atoms with Gasteiger partial charge in [0.05, 0.1) is 31.5 Å². The normalized spacial score (nSPS) is 17.2. The lowest BCUT2D eigenvalue weighted by molar-refractivity contribution is 0.0220. The fourth-order valence-corrected chi connectivity index (χ4v) is 2.54. The van der Waals surface area contributed by atoms with Gasteiger partial charge in [0.15, 0.2) is 0 Å². The molecule has 1 aromatic heterocycles. The SMILES string of the molecule is COc1nc2c(c(OCC3CC3)n1)CN(C(=O)OC(C)(C)C)CC2. The van der Waals surface area contributed by atoms with Crippen molar-refractivity contribution >= 4 is 6.09 Å². The van der Waals surface area contributed by atoms with Crippen molar-refractivity contribution in [1.82, 2.24) is 14.9 Å². The summed E-state index contributed by atoms with van der Waals surface area (Å²) < 4.78 is 16.5. The monoisotopic (exact) mass is 335 g/mol. The topological polar surface area (TPSA) is 73.8 Å². The number of nitrogens with zero attached hydrogens (tertiary/aromatic N) is 3. The van der Waals surface area contributed by atoms with E-state index in [9.17, 15) is 4.79 Å². The molecule has 0 N–H and O–H groups in total. The number of ether oxygens (including phenoxy) is 3. The van der Waals surface area contributed by atoms with Crippen LogP contribution in [-0.2, 0) is 17.7 Å². The molecule has 0 aromatic carbocycles. The maximum atomic E-state index is 12.3. The third-order valence-corrected chi connectivity index (χ3v) is 3.99. The first-order valence-corrected chi connectivity index (χ1v) is 8.40. The Morgan fingerprint density at radius 3 is 2.67 bits per heavy atom. The minimum Gasteiger partial charge on any atom is -0.477 e. The predicted octanol–water partition coefficient (Wildman–Crippen LogP) is 2.57. The molecule has 1 fully saturated rings. The summed E-state index contributed by atoms with van der Waals surface area (Å²) in [6.45, 7) is 7.19. The number of hydrogen-bond acceptors (Lipinski definition) is 6. The Morgan fingerprint density at radius 1 is 1.29 bits per heavy atom. The van der Waals surface area contributed by atoms with Gasteiger partial charge < -0.3 is 19.1 Å². The molecular formula is C17H25N3O4. The van der Waals surface area contributed by atoms with E-state index in [0.717, 1.165) is 11.3 Å². The molecule has 0 unspecified atom stereocenters. The van der Waals surface area contributed by atoms with Gasteiger partial charge in [-0.3, -0.25) is 0 Å². The highest BCUT2D eigenvalue weighted by Crippen LogP contribution is 2.32. The second-order valence-electron chi connectivity index (χ2n) is 7.35. The van der Waals surface area contributed by atoms with Gasteiger partial charge in [0, 0.05) is 13.0 Å². The average molecular weight is 335 g/mol. The first kappa shape index (κ1) is 16.8. The van der Waals surface area contributed by atoms with Gasteiger partial charge in [-0.1, -0.05) is 0 Å². The van der Waals surface area contributed by atoms with Crippen molar-refractivity contribution < 1.29 is 19.0 Å². The molecule has 0 atom stereocenters. The van der Waals surface area contributed by atoms with E-state index in [0.29, 0.717) is 43.9 Å². The molecule has 132 valence electrons. The van der Waals surface area contributed by atoms with Crippen LogP contribution in [0.5, 0.6) is 11.9 Å². The standard InChI is InChI=1S/C17H25N3O4/c1-17(2,3)24-16(21)20-8-7-13-12(9-20)14(19-15(18-13)22-4)23-10-11-5-6-11/h11H,5-10H2,1-4H3. The van der Waals surface area contributed by atoms with Gasteiger partial charge in [0.2, 0.25) is 5.88 Å². The minimum absolute atomic E-state index is 0.310. The maximum Gasteiger partial charge on any atom is 0.410 e. The number of amides is 1. The van der Waals surface area contributed by atoms with Gasteiger partial charge in [-0.25, -0.2) is 4.79 Å². The van der Waals surface area contributed by atoms with Crippen molar-refractivity contribution in [2.24, 2.45) is 5.92 Å². The molecule has 3 rings (SSSR count). The Hall–Kier alpha value is -2.05. The van der Waals surface area contributed by atoms with E-state index >= 15 is 0 Å². The van der Waals surface area contributed by atoms with E-state index in [4.69, 9.17) is 14.2 Å². The van der Waals surface area contributed by atoms with Crippen LogP contribution in [0, 0.1) is 5.92 Å². The molecule has 0 bridgehead atoms. The number of aromatic nitrogens is 2. The molecule has 7 heteroatoms. The summed E-state index contributed by atoms with van der Waals surface area (Å²) in [6.07, 6.45) is 2.72. The van der Waals surface area contributed by atoms with Crippen molar-refractivity contribution in [3.63, 3.8) is 0 Å². The number of methoxy groups -OCH3 is 1. The third kappa shape index (κ3) is 4.07. The zero-order valence-electron chi connectivity index (χ0n) is 14.8. The fraction of sp³-hybridized carbons (Fsp3) is 0.706. The lowest BCUT2D eigenvalue weighted by atomic mass is 10.1. The van der Waals surface area contributed by atoms with E-state index in [1.54, 1.807) is 12.0 Å². The highest BCUT2D eigenvalue weighted by molar-refractivity contribution is 5.68. The maximum absolute atomic E-state index is 12.3. The Labute approximate surface area is 142 Å². The van der Waals surface area contributed by atoms with Crippen LogP contribution in [0.2, 0.25) is 0 Å². The second kappa shape index (κ2) is 6.45. The Balaban J connectivity index is 1.78. The Bertz CT molecular complexity index is 623. The number of fused-ring (bicyclic) bond motifs is 1. The van der Waals surface area contributed by atoms with Crippen LogP contribution in [0.3, 0.4) is 0 Å². The summed E-state index contributed by atoms with van der Waals surface area (Å²) in [7, 11) is 1.54. The first-order chi connectivity index (χ1) is 11.4. The molecule has 0 saturated heterocycles. The summed E-state index contributed by atoms with van der Waals surface area (Å²) >= 11 is 0. The zero-order valence-corrected chi connectivity index (χ0v) is 14.8. The number of carbonyl (C=O) groups is 1. The van der Waals surface area contributed by atoms with E-state index in [2.05, 4.69) is 9.97 Å². The lowest BCUT2D eigenvalue weighted by Crippen LogP contribution is -2.40. The van der Waals surface area contributed by atoms with Crippen molar-refractivity contribution in [2.75, 3.05) is 20.3 Å². The molecule has 1 aromatic rings. The number of rotatable bonds is 4. The van der Waals surface area contributed by atoms with E-state index in [-0.39, 0.29) is 6.09 Å². The summed E-state index contributed by atoms with van der Waals surface area (Å²) in [6, 6.07) is 0.310. The minimum atomic E-state index is -0.515. The zero-order chi connectivity index (χ0) is 17.3. The molecule has 1 saturated carbocycles. The van der Waals surface area contributed by atoms with Gasteiger partial charge >= 0.3 is 12.1 Å². The summed E-state index contributed by atoms with van der Waals surface area (Å²) in [5.41, 5.74) is 1.22. The quantitative estimate of drug-likeness (QED) is 0.842. The third-order valence-electron chi connectivity index (χ3n) is 3.99. The van der Waals surface area contributed by atoms with Gasteiger partial charge in [-0.05, 0) is 39.5 Å². The highest BCUT2D eigenvalue weighted by Gasteiger charge is 2.30. The molecule has 1 aliphatic carbocycles. The lowest BCUT2D eigenvalue weighted by Gasteiger charge is -2.31. The Kier molecular flexibility index (Phi) is 4.51. The molecule has 0 spiro atoms. The molecule has 0 radical (unpaired) electrons. The van der Waals surface area contributed by atoms with Gasteiger partial charge in [0.1, 0.15) is 5.60 Å². The highest BCUT2D eigenvalue weighted by atomic mass is 16.6. The summed E-state index contributed by atoms with van der Waals surface area (Å²) in [4.78, 5) is 22.8. The van der Waals surface area contributed by atoms with Crippen LogP contribution in [0.15, 0.2) is 0 Å². The van der Waals surface area contributed by atoms with Crippen LogP contribution < -0.4 is 9.47 Å². The molecule has 2 heterocycles. The number of carbonyl (C=O) groups excluding carboxylic acids is 1. The van der Waals surface area contributed by atoms with Crippen LogP contribution in [0.1, 0.15) is 44.9 Å². The van der Waals surface area contributed by atoms with Crippen LogP contribution in [-0.4, -0.2) is 46.8 Å². The smallest absolute Gasteiger partial charge is 0.410 e. The molecular weight excluding hydrogens is 310 g/mol. The first-order valence-electron chi connectivity index (χ1n) is 8.40. The van der Waals surface area contributed by atoms with Crippen molar-refractivity contribution in [2.45, 2.75) is 52.2 Å². The largest absolute Gasteiger partial charge is 0.477 e. The summed E-state index contributed by atoms with van der Waals surface area (Å²) in [5.74, 6) is 1.14. The molecule has 1 aliphatic heterocycles. The van der Waals surface area contributed by atoms with Crippen LogP contribution >= 0.6 is 0 Å². The fourth-order valence-electron chi connectivity index (χ4n) is 2.54. The van der Waals surface area contributed by atoms with Crippen LogP contribution in [0.4, 0.5) is 4.79 Å². The average Bonchev–Trinajstić information content (AvgIpc) is 3.34. The second-order valence-corrected chi connectivity index (χ2v) is 7.35. The van der Waals surface area contributed by atoms with Crippen LogP contribution in [0.25, 0.3) is 0 Å². The van der Waals surface area contributed by atoms with Crippen molar-refractivity contribution in [1.29, 1.82) is 0 Å². The molecule has 1 amide bonds. The predicted molar refractivity (Wildman–Crippen MR) is 87.2 cm³/mol. The van der Waals surface area contributed by atoms with Crippen molar-refractivity contribution in [3.05, 3.63) is 11.3 Å². The molecule has 24 heavy (non-hydrogen) atoms. The van der Waals surface area contributed by atoms with Gasteiger partial charge in [-0.15, -0.1) is 0 Å². The Morgan fingerprint density at radius 2 is 2.04 bits per heavy atom. The molecule has 7 nitrogen and oxygen atoms in total. The number of hydrogen-bond donors (Lipinski definition) is 0. The van der Waals surface area contributed by atoms with E-state index in [1.165, 1.54) is 12.8 Å². The van der Waals surface area contributed by atoms with Gasteiger partial charge in [0.25, 0.3) is 0 Å². The van der Waals surface area contributed by atoms with Gasteiger partial charge in [-0.2, -0.15) is 9.97 Å². The molecule has 2 aliphatic rings. The van der Waals surface area contributed by atoms with E-state index in [1.807, 2.05) is 20.8 Å². The van der Waals surface area contributed by atoms with Crippen molar-refractivity contribution in [3.8, 4) is 11.9 Å². The summed E-state index contributed by atoms with van der Waals surface area (Å²) in [5, 5.41) is 0. The van der Waals surface area contributed by atoms with E-state index < -0.39 is 5.60 Å².